The average Bonchev–Trinajstić information content (AvgIpc) is 2.72. The van der Waals surface area contributed by atoms with Crippen LogP contribution in [0.1, 0.15) is 17.4 Å². The summed E-state index contributed by atoms with van der Waals surface area (Å²) in [5, 5.41) is 8.92. The first kappa shape index (κ1) is 13.4. The van der Waals surface area contributed by atoms with Gasteiger partial charge in [-0.2, -0.15) is 5.26 Å². The third-order valence-electron chi connectivity index (χ3n) is 2.78. The number of hydrogen-bond acceptors (Lipinski definition) is 3. The summed E-state index contributed by atoms with van der Waals surface area (Å²) in [6.07, 6.45) is 0.470. The Labute approximate surface area is 111 Å². The molecule has 2 aromatic rings. The lowest BCUT2D eigenvalue weighted by Gasteiger charge is -2.05. The van der Waals surface area contributed by atoms with E-state index >= 15 is 0 Å². The lowest BCUT2D eigenvalue weighted by atomic mass is 10.1. The Morgan fingerprint density at radius 3 is 2.53 bits per heavy atom. The third-order valence-corrected chi connectivity index (χ3v) is 3.97. The van der Waals surface area contributed by atoms with Crippen molar-refractivity contribution in [2.45, 2.75) is 13.3 Å². The van der Waals surface area contributed by atoms with Crippen molar-refractivity contribution in [3.8, 4) is 16.5 Å². The second-order valence-electron chi connectivity index (χ2n) is 3.84. The molecule has 0 saturated heterocycles. The zero-order valence-corrected chi connectivity index (χ0v) is 10.7. The van der Waals surface area contributed by atoms with E-state index in [-0.39, 0.29) is 16.1 Å². The number of anilines is 1. The van der Waals surface area contributed by atoms with Crippen molar-refractivity contribution in [3.05, 3.63) is 40.0 Å². The first-order valence-electron chi connectivity index (χ1n) is 5.46. The fraction of sp³-hybridized carbons (Fsp3) is 0.154. The molecule has 0 amide bonds. The molecule has 0 aliphatic carbocycles. The van der Waals surface area contributed by atoms with Gasteiger partial charge in [-0.15, -0.1) is 11.3 Å². The van der Waals surface area contributed by atoms with E-state index in [1.807, 2.05) is 6.07 Å². The number of nitrogens with zero attached hydrogens (tertiary/aromatic N) is 1. The Balaban J connectivity index is 2.73. The van der Waals surface area contributed by atoms with Gasteiger partial charge in [0.1, 0.15) is 10.9 Å². The van der Waals surface area contributed by atoms with Gasteiger partial charge in [0, 0.05) is 10.4 Å². The van der Waals surface area contributed by atoms with Crippen LogP contribution >= 0.6 is 11.3 Å². The average molecular weight is 282 g/mol. The number of nitrogens with two attached hydrogens (primary N) is 1. The molecule has 2 N–H and O–H groups in total. The number of nitrogen functional groups attached to an aromatic ring is 1. The lowest BCUT2D eigenvalue weighted by molar-refractivity contribution is 0.449. The van der Waals surface area contributed by atoms with Gasteiger partial charge in [-0.1, -0.05) is 6.92 Å². The molecule has 0 fully saturated rings. The molecule has 0 aliphatic heterocycles. The Hall–Kier alpha value is -2.00. The van der Waals surface area contributed by atoms with Crippen LogP contribution in [0.3, 0.4) is 0 Å². The molecule has 19 heavy (non-hydrogen) atoms. The molecule has 2 nitrogen and oxygen atoms in total. The number of rotatable bonds is 2. The van der Waals surface area contributed by atoms with Crippen molar-refractivity contribution in [1.29, 1.82) is 5.26 Å². The molecule has 1 aromatic heterocycles. The number of benzene rings is 1. The topological polar surface area (TPSA) is 49.8 Å². The number of thiophene rings is 1. The van der Waals surface area contributed by atoms with Gasteiger partial charge in [-0.25, -0.2) is 13.2 Å². The molecule has 0 aliphatic rings. The summed E-state index contributed by atoms with van der Waals surface area (Å²) in [6.45, 7) is 1.79. The Morgan fingerprint density at radius 1 is 1.26 bits per heavy atom. The van der Waals surface area contributed by atoms with Crippen LogP contribution in [0, 0.1) is 28.8 Å². The molecule has 0 radical (unpaired) electrons. The molecule has 98 valence electrons. The van der Waals surface area contributed by atoms with Gasteiger partial charge < -0.3 is 5.73 Å². The first-order chi connectivity index (χ1) is 9.01. The third kappa shape index (κ3) is 2.06. The molecule has 0 unspecified atom stereocenters. The van der Waals surface area contributed by atoms with Gasteiger partial charge in [0.15, 0.2) is 17.5 Å². The highest BCUT2D eigenvalue weighted by atomic mass is 32.1. The van der Waals surface area contributed by atoms with Crippen LogP contribution in [-0.4, -0.2) is 0 Å². The van der Waals surface area contributed by atoms with Crippen molar-refractivity contribution < 1.29 is 13.2 Å². The molecule has 6 heteroatoms. The predicted molar refractivity (Wildman–Crippen MR) is 68.1 cm³/mol. The molecule has 0 spiro atoms. The summed E-state index contributed by atoms with van der Waals surface area (Å²) in [6, 6.07) is 3.92. The SMILES string of the molecule is CCc1c(-c2ccc(F)c(F)c2F)sc(C#N)c1N. The molecule has 1 heterocycles. The van der Waals surface area contributed by atoms with E-state index < -0.39 is 17.5 Å². The van der Waals surface area contributed by atoms with E-state index in [4.69, 9.17) is 11.0 Å². The summed E-state index contributed by atoms with van der Waals surface area (Å²) >= 11 is 0.977. The Bertz CT molecular complexity index is 686. The minimum absolute atomic E-state index is 0.0750. The second-order valence-corrected chi connectivity index (χ2v) is 4.86. The van der Waals surface area contributed by atoms with Gasteiger partial charge in [0.2, 0.25) is 0 Å². The number of halogens is 3. The number of hydrogen-bond donors (Lipinski definition) is 1. The molecular weight excluding hydrogens is 273 g/mol. The van der Waals surface area contributed by atoms with Crippen molar-refractivity contribution >= 4 is 17.0 Å². The van der Waals surface area contributed by atoms with E-state index in [0.717, 1.165) is 23.5 Å². The maximum absolute atomic E-state index is 13.8. The molecule has 0 atom stereocenters. The quantitative estimate of drug-likeness (QED) is 0.850. The smallest absolute Gasteiger partial charge is 0.195 e. The maximum Gasteiger partial charge on any atom is 0.195 e. The highest BCUT2D eigenvalue weighted by Gasteiger charge is 2.21. The van der Waals surface area contributed by atoms with Crippen molar-refractivity contribution in [3.63, 3.8) is 0 Å². The van der Waals surface area contributed by atoms with E-state index in [2.05, 4.69) is 0 Å². The van der Waals surface area contributed by atoms with Crippen LogP contribution in [0.15, 0.2) is 12.1 Å². The van der Waals surface area contributed by atoms with Gasteiger partial charge in [-0.3, -0.25) is 0 Å². The lowest BCUT2D eigenvalue weighted by Crippen LogP contribution is -1.96. The zero-order chi connectivity index (χ0) is 14.2. The van der Waals surface area contributed by atoms with E-state index in [1.165, 1.54) is 0 Å². The Morgan fingerprint density at radius 2 is 1.95 bits per heavy atom. The van der Waals surface area contributed by atoms with Gasteiger partial charge in [0.05, 0.1) is 5.69 Å². The molecule has 2 rings (SSSR count). The summed E-state index contributed by atoms with van der Waals surface area (Å²) in [4.78, 5) is 0.615. The van der Waals surface area contributed by atoms with Gasteiger partial charge in [0.25, 0.3) is 0 Å². The van der Waals surface area contributed by atoms with Crippen LogP contribution in [0.2, 0.25) is 0 Å². The van der Waals surface area contributed by atoms with Crippen molar-refractivity contribution in [2.24, 2.45) is 0 Å². The minimum Gasteiger partial charge on any atom is -0.397 e. The van der Waals surface area contributed by atoms with E-state index in [0.29, 0.717) is 16.9 Å². The van der Waals surface area contributed by atoms with Crippen LogP contribution in [0.4, 0.5) is 18.9 Å². The van der Waals surface area contributed by atoms with Crippen molar-refractivity contribution in [2.75, 3.05) is 5.73 Å². The van der Waals surface area contributed by atoms with Crippen LogP contribution in [-0.2, 0) is 6.42 Å². The van der Waals surface area contributed by atoms with Gasteiger partial charge >= 0.3 is 0 Å². The van der Waals surface area contributed by atoms with Crippen molar-refractivity contribution in [1.82, 2.24) is 0 Å². The van der Waals surface area contributed by atoms with E-state index in [9.17, 15) is 13.2 Å². The first-order valence-corrected chi connectivity index (χ1v) is 6.28. The molecule has 0 saturated carbocycles. The highest BCUT2D eigenvalue weighted by molar-refractivity contribution is 7.16. The largest absolute Gasteiger partial charge is 0.397 e. The monoisotopic (exact) mass is 282 g/mol. The van der Waals surface area contributed by atoms with E-state index in [1.54, 1.807) is 6.92 Å². The summed E-state index contributed by atoms with van der Waals surface area (Å²) in [5.41, 5.74) is 6.55. The maximum atomic E-state index is 13.8. The Kier molecular flexibility index (Phi) is 3.49. The standard InChI is InChI=1S/C13H9F3N2S/c1-2-6-12(18)9(5-17)19-13(6)7-3-4-8(14)11(16)10(7)15/h3-4H,2,18H2,1H3. The summed E-state index contributed by atoms with van der Waals surface area (Å²) < 4.78 is 40.0. The minimum atomic E-state index is -1.52. The number of nitriles is 1. The van der Waals surface area contributed by atoms with Crippen LogP contribution < -0.4 is 5.73 Å². The molecule has 0 bridgehead atoms. The second kappa shape index (κ2) is 4.94. The predicted octanol–water partition coefficient (Wildman–Crippen LogP) is 3.85. The normalized spacial score (nSPS) is 10.5. The fourth-order valence-electron chi connectivity index (χ4n) is 1.83. The summed E-state index contributed by atoms with van der Waals surface area (Å²) in [7, 11) is 0. The molecule has 1 aromatic carbocycles. The van der Waals surface area contributed by atoms with Gasteiger partial charge in [-0.05, 0) is 24.1 Å². The van der Waals surface area contributed by atoms with Crippen LogP contribution in [0.5, 0.6) is 0 Å². The van der Waals surface area contributed by atoms with Crippen LogP contribution in [0.25, 0.3) is 10.4 Å². The highest BCUT2D eigenvalue weighted by Crippen LogP contribution is 2.40. The zero-order valence-electron chi connectivity index (χ0n) is 9.93. The summed E-state index contributed by atoms with van der Waals surface area (Å²) in [5.74, 6) is -4.03. The fourth-order valence-corrected chi connectivity index (χ4v) is 2.96. The molecular formula is C13H9F3N2S.